The van der Waals surface area contributed by atoms with Gasteiger partial charge in [-0.2, -0.15) is 4.31 Å². The molecule has 1 amide bonds. The molecule has 0 atom stereocenters. The lowest BCUT2D eigenvalue weighted by atomic mass is 10.0. The number of ether oxygens (including phenoxy) is 1. The van der Waals surface area contributed by atoms with Crippen molar-refractivity contribution in [2.24, 2.45) is 0 Å². The molecule has 150 valence electrons. The van der Waals surface area contributed by atoms with E-state index in [4.69, 9.17) is 16.3 Å². The van der Waals surface area contributed by atoms with Gasteiger partial charge in [-0.25, -0.2) is 8.42 Å². The van der Waals surface area contributed by atoms with Gasteiger partial charge in [-0.1, -0.05) is 37.6 Å². The summed E-state index contributed by atoms with van der Waals surface area (Å²) in [7, 11) is -3.71. The molecule has 0 saturated carbocycles. The van der Waals surface area contributed by atoms with Gasteiger partial charge in [-0.05, 0) is 41.8 Å². The highest BCUT2D eigenvalue weighted by molar-refractivity contribution is 7.89. The fourth-order valence-corrected chi connectivity index (χ4v) is 4.59. The van der Waals surface area contributed by atoms with Crippen LogP contribution in [-0.4, -0.2) is 44.9 Å². The minimum Gasteiger partial charge on any atom is -0.379 e. The van der Waals surface area contributed by atoms with E-state index in [2.05, 4.69) is 19.2 Å². The number of hydrogen-bond acceptors (Lipinski definition) is 4. The molecule has 1 aliphatic rings. The lowest BCUT2D eigenvalue weighted by Gasteiger charge is -2.26. The van der Waals surface area contributed by atoms with Crippen molar-refractivity contribution >= 4 is 33.2 Å². The topological polar surface area (TPSA) is 75.7 Å². The Kier molecular flexibility index (Phi) is 6.40. The summed E-state index contributed by atoms with van der Waals surface area (Å²) >= 11 is 6.19. The lowest BCUT2D eigenvalue weighted by molar-refractivity contribution is 0.0730. The number of morpholine rings is 1. The number of carbonyl (C=O) groups is 1. The van der Waals surface area contributed by atoms with Crippen molar-refractivity contribution in [3.8, 4) is 0 Å². The van der Waals surface area contributed by atoms with E-state index in [-0.39, 0.29) is 28.6 Å². The second-order valence-corrected chi connectivity index (χ2v) is 9.24. The van der Waals surface area contributed by atoms with E-state index >= 15 is 0 Å². The van der Waals surface area contributed by atoms with Crippen molar-refractivity contribution in [2.45, 2.75) is 24.7 Å². The first-order valence-electron chi connectivity index (χ1n) is 9.08. The molecule has 1 heterocycles. The van der Waals surface area contributed by atoms with Crippen LogP contribution in [0, 0.1) is 0 Å². The second kappa shape index (κ2) is 8.61. The van der Waals surface area contributed by atoms with Crippen LogP contribution in [0.3, 0.4) is 0 Å². The summed E-state index contributed by atoms with van der Waals surface area (Å²) in [6.45, 7) is 5.41. The highest BCUT2D eigenvalue weighted by atomic mass is 35.5. The SMILES string of the molecule is CC(C)c1cccc(NC(=O)c2cc(S(=O)(=O)N3CCOCC3)ccc2Cl)c1. The smallest absolute Gasteiger partial charge is 0.257 e. The van der Waals surface area contributed by atoms with Gasteiger partial charge >= 0.3 is 0 Å². The number of amides is 1. The van der Waals surface area contributed by atoms with Crippen molar-refractivity contribution in [1.29, 1.82) is 0 Å². The molecule has 1 N–H and O–H groups in total. The largest absolute Gasteiger partial charge is 0.379 e. The van der Waals surface area contributed by atoms with E-state index in [0.29, 0.717) is 24.8 Å². The van der Waals surface area contributed by atoms with E-state index in [1.807, 2.05) is 18.2 Å². The Labute approximate surface area is 170 Å². The number of hydrogen-bond donors (Lipinski definition) is 1. The Morgan fingerprint density at radius 3 is 2.54 bits per heavy atom. The van der Waals surface area contributed by atoms with Gasteiger partial charge in [-0.15, -0.1) is 0 Å². The molecule has 2 aromatic carbocycles. The molecule has 1 fully saturated rings. The van der Waals surface area contributed by atoms with Gasteiger partial charge in [0.1, 0.15) is 0 Å². The van der Waals surface area contributed by atoms with Crippen LogP contribution in [0.2, 0.25) is 5.02 Å². The predicted molar refractivity (Wildman–Crippen MR) is 110 cm³/mol. The third-order valence-corrected chi connectivity index (χ3v) is 6.83. The Hall–Kier alpha value is -1.93. The Morgan fingerprint density at radius 2 is 1.86 bits per heavy atom. The van der Waals surface area contributed by atoms with Crippen LogP contribution in [0.15, 0.2) is 47.4 Å². The number of halogens is 1. The molecule has 8 heteroatoms. The van der Waals surface area contributed by atoms with Gasteiger partial charge < -0.3 is 10.1 Å². The Bertz CT molecular complexity index is 970. The summed E-state index contributed by atoms with van der Waals surface area (Å²) in [4.78, 5) is 12.8. The third-order valence-electron chi connectivity index (χ3n) is 4.60. The first-order valence-corrected chi connectivity index (χ1v) is 10.9. The van der Waals surface area contributed by atoms with Crippen molar-refractivity contribution in [3.05, 3.63) is 58.6 Å². The monoisotopic (exact) mass is 422 g/mol. The van der Waals surface area contributed by atoms with Crippen LogP contribution in [-0.2, 0) is 14.8 Å². The number of nitrogens with zero attached hydrogens (tertiary/aromatic N) is 1. The minimum absolute atomic E-state index is 0.0416. The zero-order valence-corrected chi connectivity index (χ0v) is 17.4. The highest BCUT2D eigenvalue weighted by Gasteiger charge is 2.27. The van der Waals surface area contributed by atoms with Gasteiger partial charge in [0.05, 0.1) is 28.7 Å². The summed E-state index contributed by atoms with van der Waals surface area (Å²) in [5.41, 5.74) is 1.84. The average Bonchev–Trinajstić information content (AvgIpc) is 2.69. The first-order chi connectivity index (χ1) is 13.3. The third kappa shape index (κ3) is 4.55. The summed E-state index contributed by atoms with van der Waals surface area (Å²) in [6, 6.07) is 11.7. The normalized spacial score (nSPS) is 15.6. The van der Waals surface area contributed by atoms with E-state index in [0.717, 1.165) is 5.56 Å². The molecule has 0 spiro atoms. The summed E-state index contributed by atoms with van der Waals surface area (Å²) in [6.07, 6.45) is 0. The highest BCUT2D eigenvalue weighted by Crippen LogP contribution is 2.25. The average molecular weight is 423 g/mol. The molecule has 2 aromatic rings. The van der Waals surface area contributed by atoms with E-state index in [9.17, 15) is 13.2 Å². The minimum atomic E-state index is -3.71. The van der Waals surface area contributed by atoms with E-state index in [1.165, 1.54) is 22.5 Å². The van der Waals surface area contributed by atoms with Crippen molar-refractivity contribution in [3.63, 3.8) is 0 Å². The molecule has 0 unspecified atom stereocenters. The van der Waals surface area contributed by atoms with E-state index in [1.54, 1.807) is 6.07 Å². The van der Waals surface area contributed by atoms with Crippen LogP contribution < -0.4 is 5.32 Å². The number of nitrogens with one attached hydrogen (secondary N) is 1. The van der Waals surface area contributed by atoms with Crippen molar-refractivity contribution in [2.75, 3.05) is 31.6 Å². The fraction of sp³-hybridized carbons (Fsp3) is 0.350. The quantitative estimate of drug-likeness (QED) is 0.796. The Morgan fingerprint density at radius 1 is 1.14 bits per heavy atom. The van der Waals surface area contributed by atoms with Gasteiger partial charge in [0, 0.05) is 18.8 Å². The maximum absolute atomic E-state index is 12.8. The van der Waals surface area contributed by atoms with Crippen molar-refractivity contribution < 1.29 is 17.9 Å². The van der Waals surface area contributed by atoms with Crippen LogP contribution >= 0.6 is 11.6 Å². The van der Waals surface area contributed by atoms with Crippen LogP contribution in [0.1, 0.15) is 35.7 Å². The first kappa shape index (κ1) is 20.8. The maximum Gasteiger partial charge on any atom is 0.257 e. The van der Waals surface area contributed by atoms with Crippen LogP contribution in [0.4, 0.5) is 5.69 Å². The molecule has 28 heavy (non-hydrogen) atoms. The summed E-state index contributed by atoms with van der Waals surface area (Å²) < 4.78 is 32.3. The summed E-state index contributed by atoms with van der Waals surface area (Å²) in [5.74, 6) is -0.132. The molecular weight excluding hydrogens is 400 g/mol. The number of carbonyl (C=O) groups excluding carboxylic acids is 1. The number of anilines is 1. The molecule has 1 aliphatic heterocycles. The van der Waals surface area contributed by atoms with Crippen molar-refractivity contribution in [1.82, 2.24) is 4.31 Å². The van der Waals surface area contributed by atoms with Gasteiger partial charge in [-0.3, -0.25) is 4.79 Å². The van der Waals surface area contributed by atoms with E-state index < -0.39 is 15.9 Å². The maximum atomic E-state index is 12.8. The van der Waals surface area contributed by atoms with Gasteiger partial charge in [0.2, 0.25) is 10.0 Å². The molecule has 6 nitrogen and oxygen atoms in total. The van der Waals surface area contributed by atoms with Crippen LogP contribution in [0.25, 0.3) is 0 Å². The lowest BCUT2D eigenvalue weighted by Crippen LogP contribution is -2.40. The standard InChI is InChI=1S/C20H23ClN2O4S/c1-14(2)15-4-3-5-16(12-15)22-20(24)18-13-17(6-7-19(18)21)28(25,26)23-8-10-27-11-9-23/h3-7,12-14H,8-11H2,1-2H3,(H,22,24). The van der Waals surface area contributed by atoms with Crippen LogP contribution in [0.5, 0.6) is 0 Å². The number of rotatable bonds is 5. The molecule has 3 rings (SSSR count). The van der Waals surface area contributed by atoms with Gasteiger partial charge in [0.15, 0.2) is 0 Å². The molecular formula is C20H23ClN2O4S. The van der Waals surface area contributed by atoms with Gasteiger partial charge in [0.25, 0.3) is 5.91 Å². The zero-order chi connectivity index (χ0) is 20.3. The molecule has 0 aliphatic carbocycles. The second-order valence-electron chi connectivity index (χ2n) is 6.89. The fourth-order valence-electron chi connectivity index (χ4n) is 2.95. The molecule has 0 bridgehead atoms. The number of benzene rings is 2. The predicted octanol–water partition coefficient (Wildman–Crippen LogP) is 3.74. The molecule has 0 radical (unpaired) electrons. The Balaban J connectivity index is 1.87. The number of sulfonamides is 1. The molecule has 0 aromatic heterocycles. The molecule has 1 saturated heterocycles. The summed E-state index contributed by atoms with van der Waals surface area (Å²) in [5, 5.41) is 2.99. The zero-order valence-electron chi connectivity index (χ0n) is 15.8.